The highest BCUT2D eigenvalue weighted by Crippen LogP contribution is 2.27. The van der Waals surface area contributed by atoms with Crippen LogP contribution in [0.1, 0.15) is 44.5 Å². The fourth-order valence-electron chi connectivity index (χ4n) is 1.65. The molecule has 0 atom stereocenters. The molecule has 0 saturated heterocycles. The normalized spacial score (nSPS) is 10.9. The molecule has 0 fully saturated rings. The molecule has 19 heavy (non-hydrogen) atoms. The van der Waals surface area contributed by atoms with Crippen molar-refractivity contribution in [3.63, 3.8) is 0 Å². The van der Waals surface area contributed by atoms with Crippen LogP contribution in [0.2, 0.25) is 0 Å². The van der Waals surface area contributed by atoms with E-state index in [4.69, 9.17) is 21.1 Å². The molecule has 0 aliphatic rings. The second-order valence-corrected chi connectivity index (χ2v) is 5.23. The van der Waals surface area contributed by atoms with Crippen LogP contribution in [-0.4, -0.2) is 23.9 Å². The van der Waals surface area contributed by atoms with Gasteiger partial charge in [0.2, 0.25) is 0 Å². The Morgan fingerprint density at radius 3 is 2.32 bits per heavy atom. The zero-order valence-corrected chi connectivity index (χ0v) is 12.7. The van der Waals surface area contributed by atoms with Crippen molar-refractivity contribution in [1.82, 2.24) is 0 Å². The van der Waals surface area contributed by atoms with E-state index in [0.717, 1.165) is 0 Å². The van der Waals surface area contributed by atoms with Gasteiger partial charge in [-0.3, -0.25) is 4.79 Å². The number of rotatable bonds is 7. The van der Waals surface area contributed by atoms with Crippen LogP contribution in [0.4, 0.5) is 0 Å². The van der Waals surface area contributed by atoms with Crippen molar-refractivity contribution < 1.29 is 14.3 Å². The first-order valence-corrected chi connectivity index (χ1v) is 7.04. The van der Waals surface area contributed by atoms with Gasteiger partial charge in [0.1, 0.15) is 11.5 Å². The number of ketones is 1. The smallest absolute Gasteiger partial charge is 0.167 e. The van der Waals surface area contributed by atoms with Crippen LogP contribution in [0, 0.1) is 0 Å². The van der Waals surface area contributed by atoms with Gasteiger partial charge in [-0.2, -0.15) is 0 Å². The van der Waals surface area contributed by atoms with Gasteiger partial charge >= 0.3 is 0 Å². The molecule has 0 unspecified atom stereocenters. The standard InChI is InChI=1S/C15H21ClO3/c1-10(2)18-12-5-6-15(19-11(3)4)13(9-12)14(17)7-8-16/h5-6,9-11H,7-8H2,1-4H3. The molecule has 0 aromatic heterocycles. The SMILES string of the molecule is CC(C)Oc1ccc(OC(C)C)c(C(=O)CCCl)c1. The number of hydrogen-bond acceptors (Lipinski definition) is 3. The van der Waals surface area contributed by atoms with E-state index in [-0.39, 0.29) is 18.0 Å². The zero-order chi connectivity index (χ0) is 14.4. The lowest BCUT2D eigenvalue weighted by Gasteiger charge is -2.16. The van der Waals surface area contributed by atoms with Gasteiger partial charge in [-0.15, -0.1) is 11.6 Å². The second-order valence-electron chi connectivity index (χ2n) is 4.85. The number of benzene rings is 1. The van der Waals surface area contributed by atoms with Gasteiger partial charge in [0.25, 0.3) is 0 Å². The Balaban J connectivity index is 3.06. The quantitative estimate of drug-likeness (QED) is 0.559. The number of hydrogen-bond donors (Lipinski definition) is 0. The number of carbonyl (C=O) groups excluding carboxylic acids is 1. The Morgan fingerprint density at radius 1 is 1.16 bits per heavy atom. The van der Waals surface area contributed by atoms with Crippen molar-refractivity contribution >= 4 is 17.4 Å². The Bertz CT molecular complexity index is 427. The summed E-state index contributed by atoms with van der Waals surface area (Å²) < 4.78 is 11.3. The molecule has 1 aromatic carbocycles. The third kappa shape index (κ3) is 5.11. The van der Waals surface area contributed by atoms with Crippen molar-refractivity contribution in [3.05, 3.63) is 23.8 Å². The van der Waals surface area contributed by atoms with Crippen molar-refractivity contribution in [1.29, 1.82) is 0 Å². The fraction of sp³-hybridized carbons (Fsp3) is 0.533. The van der Waals surface area contributed by atoms with E-state index in [1.807, 2.05) is 33.8 Å². The van der Waals surface area contributed by atoms with Crippen LogP contribution >= 0.6 is 11.6 Å². The van der Waals surface area contributed by atoms with E-state index in [2.05, 4.69) is 0 Å². The fourth-order valence-corrected chi connectivity index (χ4v) is 1.82. The van der Waals surface area contributed by atoms with Gasteiger partial charge in [-0.1, -0.05) is 0 Å². The molecule has 4 heteroatoms. The molecule has 1 rings (SSSR count). The number of Topliss-reactive ketones (excluding diaryl/α,β-unsaturated/α-hetero) is 1. The molecular weight excluding hydrogens is 264 g/mol. The van der Waals surface area contributed by atoms with E-state index in [1.54, 1.807) is 12.1 Å². The summed E-state index contributed by atoms with van der Waals surface area (Å²) in [4.78, 5) is 12.1. The Kier molecular flexibility index (Phi) is 6.16. The average Bonchev–Trinajstić information content (AvgIpc) is 2.30. The molecule has 3 nitrogen and oxygen atoms in total. The molecule has 0 aliphatic carbocycles. The minimum atomic E-state index is -0.0279. The first-order chi connectivity index (χ1) is 8.93. The molecule has 0 radical (unpaired) electrons. The molecule has 0 spiro atoms. The first-order valence-electron chi connectivity index (χ1n) is 6.50. The van der Waals surface area contributed by atoms with Crippen molar-refractivity contribution in [2.24, 2.45) is 0 Å². The average molecular weight is 285 g/mol. The molecule has 0 amide bonds. The number of halogens is 1. The van der Waals surface area contributed by atoms with E-state index < -0.39 is 0 Å². The summed E-state index contributed by atoms with van der Waals surface area (Å²) in [6, 6.07) is 5.32. The van der Waals surface area contributed by atoms with Crippen molar-refractivity contribution in [2.75, 3.05) is 5.88 Å². The lowest BCUT2D eigenvalue weighted by Crippen LogP contribution is -2.12. The van der Waals surface area contributed by atoms with E-state index >= 15 is 0 Å². The summed E-state index contributed by atoms with van der Waals surface area (Å²) in [5.74, 6) is 1.53. The molecular formula is C15H21ClO3. The summed E-state index contributed by atoms with van der Waals surface area (Å²) in [6.45, 7) is 7.74. The Morgan fingerprint density at radius 2 is 1.79 bits per heavy atom. The van der Waals surface area contributed by atoms with Crippen molar-refractivity contribution in [2.45, 2.75) is 46.3 Å². The highest BCUT2D eigenvalue weighted by atomic mass is 35.5. The maximum absolute atomic E-state index is 12.1. The molecule has 0 bridgehead atoms. The maximum Gasteiger partial charge on any atom is 0.167 e. The Labute approximate surface area is 119 Å². The second kappa shape index (κ2) is 7.39. The van der Waals surface area contributed by atoms with Gasteiger partial charge in [0.05, 0.1) is 17.8 Å². The van der Waals surface area contributed by atoms with Crippen LogP contribution in [0.25, 0.3) is 0 Å². The number of carbonyl (C=O) groups is 1. The maximum atomic E-state index is 12.1. The van der Waals surface area contributed by atoms with Crippen LogP contribution in [0.5, 0.6) is 11.5 Å². The molecule has 0 N–H and O–H groups in total. The summed E-state index contributed by atoms with van der Waals surface area (Å²) in [5.41, 5.74) is 0.535. The van der Waals surface area contributed by atoms with Gasteiger partial charge in [0.15, 0.2) is 5.78 Å². The molecule has 0 saturated carbocycles. The largest absolute Gasteiger partial charge is 0.491 e. The van der Waals surface area contributed by atoms with Crippen LogP contribution in [-0.2, 0) is 0 Å². The van der Waals surface area contributed by atoms with Gasteiger partial charge in [-0.05, 0) is 45.9 Å². The van der Waals surface area contributed by atoms with E-state index in [9.17, 15) is 4.79 Å². The van der Waals surface area contributed by atoms with Gasteiger partial charge < -0.3 is 9.47 Å². The van der Waals surface area contributed by atoms with Crippen molar-refractivity contribution in [3.8, 4) is 11.5 Å². The minimum Gasteiger partial charge on any atom is -0.491 e. The molecule has 106 valence electrons. The summed E-state index contributed by atoms with van der Waals surface area (Å²) in [5, 5.41) is 0. The Hall–Kier alpha value is -1.22. The lowest BCUT2D eigenvalue weighted by molar-refractivity contribution is 0.0982. The molecule has 0 heterocycles. The predicted octanol–water partition coefficient (Wildman–Crippen LogP) is 4.07. The number of ether oxygens (including phenoxy) is 2. The molecule has 1 aromatic rings. The highest BCUT2D eigenvalue weighted by Gasteiger charge is 2.15. The van der Waals surface area contributed by atoms with E-state index in [1.165, 1.54) is 0 Å². The zero-order valence-electron chi connectivity index (χ0n) is 11.9. The monoisotopic (exact) mass is 284 g/mol. The van der Waals surface area contributed by atoms with Crippen LogP contribution in [0.15, 0.2) is 18.2 Å². The number of alkyl halides is 1. The van der Waals surface area contributed by atoms with Crippen LogP contribution in [0.3, 0.4) is 0 Å². The van der Waals surface area contributed by atoms with E-state index in [0.29, 0.717) is 29.4 Å². The van der Waals surface area contributed by atoms with Crippen LogP contribution < -0.4 is 9.47 Å². The van der Waals surface area contributed by atoms with Gasteiger partial charge in [-0.25, -0.2) is 0 Å². The third-order valence-corrected chi connectivity index (χ3v) is 2.50. The predicted molar refractivity (Wildman–Crippen MR) is 77.6 cm³/mol. The topological polar surface area (TPSA) is 35.5 Å². The van der Waals surface area contributed by atoms with Gasteiger partial charge in [0, 0.05) is 12.3 Å². The highest BCUT2D eigenvalue weighted by molar-refractivity contribution is 6.19. The lowest BCUT2D eigenvalue weighted by atomic mass is 10.1. The summed E-state index contributed by atoms with van der Waals surface area (Å²) in [6.07, 6.45) is 0.369. The molecule has 0 aliphatic heterocycles. The summed E-state index contributed by atoms with van der Waals surface area (Å²) in [7, 11) is 0. The minimum absolute atomic E-state index is 0.0134. The third-order valence-electron chi connectivity index (χ3n) is 2.31. The first kappa shape index (κ1) is 15.8. The summed E-state index contributed by atoms with van der Waals surface area (Å²) >= 11 is 5.64.